The molecule has 112 valence electrons. The maximum Gasteiger partial charge on any atom is 0.130 e. The quantitative estimate of drug-likeness (QED) is 0.835. The van der Waals surface area contributed by atoms with Gasteiger partial charge in [0.1, 0.15) is 11.6 Å². The summed E-state index contributed by atoms with van der Waals surface area (Å²) in [4.78, 5) is 0. The van der Waals surface area contributed by atoms with Gasteiger partial charge in [-0.25, -0.2) is 8.78 Å². The number of nitrogens with one attached hydrogen (secondary N) is 1. The molecular weight excluding hydrogens is 292 g/mol. The number of likely N-dealkylation sites (N-methyl/N-ethyl adjacent to an activating group) is 1. The first-order chi connectivity index (χ1) is 10.0. The lowest BCUT2D eigenvalue weighted by molar-refractivity contribution is 0.506. The summed E-state index contributed by atoms with van der Waals surface area (Å²) in [7, 11) is 0. The highest BCUT2D eigenvalue weighted by atomic mass is 35.5. The van der Waals surface area contributed by atoms with Gasteiger partial charge in [-0.1, -0.05) is 36.7 Å². The fourth-order valence-corrected chi connectivity index (χ4v) is 2.59. The van der Waals surface area contributed by atoms with Crippen LogP contribution in [0, 0.1) is 18.6 Å². The first kappa shape index (κ1) is 15.9. The van der Waals surface area contributed by atoms with Crippen LogP contribution in [0.5, 0.6) is 0 Å². The van der Waals surface area contributed by atoms with Crippen molar-refractivity contribution in [3.05, 3.63) is 69.7 Å². The van der Waals surface area contributed by atoms with E-state index in [1.54, 1.807) is 19.1 Å². The van der Waals surface area contributed by atoms with Gasteiger partial charge in [-0.05, 0) is 49.2 Å². The molecule has 1 unspecified atom stereocenters. The molecule has 0 radical (unpaired) electrons. The Labute approximate surface area is 128 Å². The van der Waals surface area contributed by atoms with Crippen molar-refractivity contribution in [3.63, 3.8) is 0 Å². The zero-order valence-corrected chi connectivity index (χ0v) is 12.8. The summed E-state index contributed by atoms with van der Waals surface area (Å²) in [6.45, 7) is 4.37. The highest BCUT2D eigenvalue weighted by Gasteiger charge is 2.18. The third-order valence-corrected chi connectivity index (χ3v) is 3.85. The van der Waals surface area contributed by atoms with E-state index in [4.69, 9.17) is 11.6 Å². The minimum Gasteiger partial charge on any atom is -0.310 e. The maximum atomic E-state index is 14.3. The highest BCUT2D eigenvalue weighted by Crippen LogP contribution is 2.27. The van der Waals surface area contributed by atoms with Crippen LogP contribution in [0.3, 0.4) is 0 Å². The van der Waals surface area contributed by atoms with Gasteiger partial charge in [0.2, 0.25) is 0 Å². The van der Waals surface area contributed by atoms with Gasteiger partial charge in [-0.15, -0.1) is 0 Å². The summed E-state index contributed by atoms with van der Waals surface area (Å²) in [6.07, 6.45) is 0.435. The van der Waals surface area contributed by atoms with E-state index in [0.29, 0.717) is 34.7 Å². The van der Waals surface area contributed by atoms with Crippen molar-refractivity contribution >= 4 is 11.6 Å². The summed E-state index contributed by atoms with van der Waals surface area (Å²) < 4.78 is 27.7. The number of benzene rings is 2. The maximum absolute atomic E-state index is 14.3. The molecule has 4 heteroatoms. The summed E-state index contributed by atoms with van der Waals surface area (Å²) in [5.74, 6) is -0.565. The molecule has 0 heterocycles. The number of rotatable bonds is 5. The number of hydrogen-bond donors (Lipinski definition) is 1. The minimum atomic E-state index is -0.339. The van der Waals surface area contributed by atoms with E-state index in [2.05, 4.69) is 5.32 Å². The minimum absolute atomic E-state index is 0.226. The number of halogens is 3. The molecule has 0 bridgehead atoms. The van der Waals surface area contributed by atoms with Crippen molar-refractivity contribution in [2.45, 2.75) is 26.3 Å². The predicted octanol–water partition coefficient (Wildman–Crippen LogP) is 4.82. The van der Waals surface area contributed by atoms with Gasteiger partial charge >= 0.3 is 0 Å². The summed E-state index contributed by atoms with van der Waals surface area (Å²) in [5.41, 5.74) is 1.85. The monoisotopic (exact) mass is 309 g/mol. The Kier molecular flexibility index (Phi) is 5.32. The van der Waals surface area contributed by atoms with E-state index in [1.807, 2.05) is 13.0 Å². The lowest BCUT2D eigenvalue weighted by Crippen LogP contribution is -2.24. The van der Waals surface area contributed by atoms with Crippen molar-refractivity contribution in [1.82, 2.24) is 5.32 Å². The van der Waals surface area contributed by atoms with E-state index >= 15 is 0 Å². The Morgan fingerprint density at radius 2 is 1.95 bits per heavy atom. The van der Waals surface area contributed by atoms with Crippen LogP contribution in [0.1, 0.15) is 29.7 Å². The number of aryl methyl sites for hydroxylation is 1. The smallest absolute Gasteiger partial charge is 0.130 e. The molecular formula is C17H18ClF2N. The molecule has 0 saturated heterocycles. The molecule has 0 aliphatic carbocycles. The molecule has 1 N–H and O–H groups in total. The highest BCUT2D eigenvalue weighted by molar-refractivity contribution is 6.31. The second kappa shape index (κ2) is 7.01. The van der Waals surface area contributed by atoms with Gasteiger partial charge < -0.3 is 5.32 Å². The molecule has 0 spiro atoms. The fourth-order valence-electron chi connectivity index (χ4n) is 2.40. The molecule has 2 aromatic rings. The van der Waals surface area contributed by atoms with Crippen LogP contribution in [-0.2, 0) is 6.42 Å². The molecule has 1 atom stereocenters. The average Bonchev–Trinajstić information content (AvgIpc) is 2.45. The Hall–Kier alpha value is -1.45. The van der Waals surface area contributed by atoms with E-state index < -0.39 is 0 Å². The molecule has 2 aromatic carbocycles. The fraction of sp³-hybridized carbons (Fsp3) is 0.294. The van der Waals surface area contributed by atoms with Gasteiger partial charge in [0, 0.05) is 16.6 Å². The standard InChI is InChI=1S/C17H18ClF2N/c1-3-21-16(14-6-4-5-11(2)17(14)20)10-12-9-13(19)7-8-15(12)18/h4-9,16,21H,3,10H2,1-2H3. The van der Waals surface area contributed by atoms with Crippen LogP contribution in [-0.4, -0.2) is 6.54 Å². The zero-order valence-electron chi connectivity index (χ0n) is 12.1. The molecule has 21 heavy (non-hydrogen) atoms. The average molecular weight is 310 g/mol. The molecule has 0 aliphatic heterocycles. The second-order valence-electron chi connectivity index (χ2n) is 5.03. The van der Waals surface area contributed by atoms with Crippen molar-refractivity contribution in [1.29, 1.82) is 0 Å². The molecule has 0 fully saturated rings. The molecule has 0 saturated carbocycles. The van der Waals surface area contributed by atoms with Crippen molar-refractivity contribution in [2.24, 2.45) is 0 Å². The summed E-state index contributed by atoms with van der Waals surface area (Å²) in [5, 5.41) is 3.73. The predicted molar refractivity (Wildman–Crippen MR) is 82.7 cm³/mol. The molecule has 2 rings (SSSR count). The second-order valence-corrected chi connectivity index (χ2v) is 5.44. The molecule has 0 amide bonds. The lowest BCUT2D eigenvalue weighted by Gasteiger charge is -2.20. The van der Waals surface area contributed by atoms with Crippen LogP contribution in [0.15, 0.2) is 36.4 Å². The SMILES string of the molecule is CCNC(Cc1cc(F)ccc1Cl)c1cccc(C)c1F. The lowest BCUT2D eigenvalue weighted by atomic mass is 9.96. The van der Waals surface area contributed by atoms with Crippen molar-refractivity contribution < 1.29 is 8.78 Å². The molecule has 1 nitrogen and oxygen atoms in total. The first-order valence-corrected chi connectivity index (χ1v) is 7.33. The van der Waals surface area contributed by atoms with E-state index in [0.717, 1.165) is 0 Å². The van der Waals surface area contributed by atoms with Crippen LogP contribution < -0.4 is 5.32 Å². The Morgan fingerprint density at radius 1 is 1.19 bits per heavy atom. The van der Waals surface area contributed by atoms with Gasteiger partial charge in [-0.3, -0.25) is 0 Å². The Balaban J connectivity index is 2.35. The van der Waals surface area contributed by atoms with Crippen LogP contribution in [0.2, 0.25) is 5.02 Å². The molecule has 0 aliphatic rings. The van der Waals surface area contributed by atoms with Crippen LogP contribution in [0.4, 0.5) is 8.78 Å². The van der Waals surface area contributed by atoms with Gasteiger partial charge in [0.25, 0.3) is 0 Å². The van der Waals surface area contributed by atoms with E-state index in [-0.39, 0.29) is 17.7 Å². The zero-order chi connectivity index (χ0) is 15.4. The first-order valence-electron chi connectivity index (χ1n) is 6.95. The van der Waals surface area contributed by atoms with Crippen LogP contribution in [0.25, 0.3) is 0 Å². The number of hydrogen-bond acceptors (Lipinski definition) is 1. The van der Waals surface area contributed by atoms with Crippen LogP contribution >= 0.6 is 11.6 Å². The molecule has 0 aromatic heterocycles. The van der Waals surface area contributed by atoms with Crippen molar-refractivity contribution in [2.75, 3.05) is 6.54 Å². The van der Waals surface area contributed by atoms with E-state index in [1.165, 1.54) is 18.2 Å². The van der Waals surface area contributed by atoms with E-state index in [9.17, 15) is 8.78 Å². The Morgan fingerprint density at radius 3 is 2.67 bits per heavy atom. The third kappa shape index (κ3) is 3.80. The normalized spacial score (nSPS) is 12.4. The van der Waals surface area contributed by atoms with Gasteiger partial charge in [-0.2, -0.15) is 0 Å². The van der Waals surface area contributed by atoms with Gasteiger partial charge in [0.05, 0.1) is 0 Å². The summed E-state index contributed by atoms with van der Waals surface area (Å²) >= 11 is 6.11. The topological polar surface area (TPSA) is 12.0 Å². The Bertz CT molecular complexity index is 628. The van der Waals surface area contributed by atoms with Crippen molar-refractivity contribution in [3.8, 4) is 0 Å². The summed E-state index contributed by atoms with van der Waals surface area (Å²) in [6, 6.07) is 9.32. The third-order valence-electron chi connectivity index (χ3n) is 3.48. The van der Waals surface area contributed by atoms with Gasteiger partial charge in [0.15, 0.2) is 0 Å². The largest absolute Gasteiger partial charge is 0.310 e.